The second kappa shape index (κ2) is 3.44. The molecule has 0 aliphatic carbocycles. The first-order chi connectivity index (χ1) is 8.08. The number of nitrogens with one attached hydrogen (secondary N) is 1. The van der Waals surface area contributed by atoms with Gasteiger partial charge in [0.25, 0.3) is 5.56 Å². The lowest BCUT2D eigenvalue weighted by atomic mass is 10.2. The number of aliphatic hydroxyl groups excluding tert-OH is 1. The van der Waals surface area contributed by atoms with Crippen LogP contribution in [0.15, 0.2) is 9.59 Å². The van der Waals surface area contributed by atoms with Gasteiger partial charge in [0.2, 0.25) is 5.88 Å². The molecule has 3 atom stereocenters. The van der Waals surface area contributed by atoms with E-state index in [1.807, 2.05) is 0 Å². The first-order valence-corrected chi connectivity index (χ1v) is 5.39. The zero-order valence-corrected chi connectivity index (χ0v) is 9.17. The number of nitrogens with zero attached hydrogens (tertiary/aromatic N) is 1. The zero-order chi connectivity index (χ0) is 12.2. The van der Waals surface area contributed by atoms with Crippen molar-refractivity contribution >= 4 is 0 Å². The molecular weight excluding hydrogens is 228 g/mol. The van der Waals surface area contributed by atoms with Crippen LogP contribution in [0.4, 0.5) is 0 Å². The first-order valence-electron chi connectivity index (χ1n) is 5.39. The van der Waals surface area contributed by atoms with E-state index < -0.39 is 29.7 Å². The lowest BCUT2D eigenvalue weighted by Crippen LogP contribution is -2.35. The SMILES string of the molecule is Cc1c2n(c(=O)[nH]c1=O)[C@H]1C[C@@H](O)[C@@H](CO2)O1. The van der Waals surface area contributed by atoms with Crippen molar-refractivity contribution in [3.8, 4) is 5.88 Å². The summed E-state index contributed by atoms with van der Waals surface area (Å²) < 4.78 is 12.2. The second-order valence-corrected chi connectivity index (χ2v) is 4.30. The van der Waals surface area contributed by atoms with E-state index in [0.717, 1.165) is 0 Å². The molecule has 1 aromatic rings. The Kier molecular flexibility index (Phi) is 2.14. The Bertz CT molecular complexity index is 575. The molecule has 7 heteroatoms. The van der Waals surface area contributed by atoms with Crippen LogP contribution in [0.2, 0.25) is 0 Å². The van der Waals surface area contributed by atoms with Crippen molar-refractivity contribution in [1.29, 1.82) is 0 Å². The smallest absolute Gasteiger partial charge is 0.333 e. The number of hydrogen-bond acceptors (Lipinski definition) is 5. The van der Waals surface area contributed by atoms with Crippen molar-refractivity contribution in [2.45, 2.75) is 31.8 Å². The van der Waals surface area contributed by atoms with Crippen molar-refractivity contribution in [2.75, 3.05) is 6.61 Å². The van der Waals surface area contributed by atoms with Gasteiger partial charge in [-0.1, -0.05) is 0 Å². The third-order valence-corrected chi connectivity index (χ3v) is 3.20. The number of ether oxygens (including phenoxy) is 2. The maximum Gasteiger partial charge on any atom is 0.333 e. The number of aliphatic hydroxyl groups is 1. The molecule has 0 radical (unpaired) electrons. The topological polar surface area (TPSA) is 93.6 Å². The molecule has 3 heterocycles. The van der Waals surface area contributed by atoms with Crippen LogP contribution in [-0.4, -0.2) is 33.5 Å². The summed E-state index contributed by atoms with van der Waals surface area (Å²) in [5.41, 5.74) is -0.690. The Morgan fingerprint density at radius 3 is 3.00 bits per heavy atom. The van der Waals surface area contributed by atoms with Gasteiger partial charge in [-0.15, -0.1) is 0 Å². The van der Waals surface area contributed by atoms with Crippen molar-refractivity contribution in [3.63, 3.8) is 0 Å². The van der Waals surface area contributed by atoms with E-state index in [1.54, 1.807) is 6.92 Å². The second-order valence-electron chi connectivity index (χ2n) is 4.30. The van der Waals surface area contributed by atoms with Crippen LogP contribution in [0.1, 0.15) is 18.2 Å². The molecule has 2 aliphatic heterocycles. The van der Waals surface area contributed by atoms with E-state index in [1.165, 1.54) is 4.57 Å². The molecule has 2 N–H and O–H groups in total. The van der Waals surface area contributed by atoms with Gasteiger partial charge in [0.15, 0.2) is 0 Å². The minimum Gasteiger partial charge on any atom is -0.475 e. The van der Waals surface area contributed by atoms with Crippen LogP contribution in [0.25, 0.3) is 0 Å². The normalized spacial score (nSPS) is 30.6. The van der Waals surface area contributed by atoms with Gasteiger partial charge >= 0.3 is 5.69 Å². The molecule has 0 saturated carbocycles. The lowest BCUT2D eigenvalue weighted by molar-refractivity contribution is -0.0214. The van der Waals surface area contributed by atoms with Gasteiger partial charge in [-0.2, -0.15) is 0 Å². The molecule has 17 heavy (non-hydrogen) atoms. The van der Waals surface area contributed by atoms with Crippen molar-refractivity contribution in [3.05, 3.63) is 26.4 Å². The summed E-state index contributed by atoms with van der Waals surface area (Å²) in [6, 6.07) is 0. The zero-order valence-electron chi connectivity index (χ0n) is 9.17. The van der Waals surface area contributed by atoms with E-state index in [2.05, 4.69) is 4.98 Å². The van der Waals surface area contributed by atoms with Gasteiger partial charge in [-0.25, -0.2) is 9.36 Å². The van der Waals surface area contributed by atoms with Crippen LogP contribution in [0.5, 0.6) is 5.88 Å². The predicted octanol–water partition coefficient (Wildman–Crippen LogP) is -1.11. The van der Waals surface area contributed by atoms with E-state index in [0.29, 0.717) is 12.0 Å². The molecule has 92 valence electrons. The quantitative estimate of drug-likeness (QED) is 0.599. The largest absolute Gasteiger partial charge is 0.475 e. The van der Waals surface area contributed by atoms with Crippen LogP contribution in [-0.2, 0) is 4.74 Å². The molecule has 1 aromatic heterocycles. The summed E-state index contributed by atoms with van der Waals surface area (Å²) in [5.74, 6) is 0.234. The van der Waals surface area contributed by atoms with Gasteiger partial charge in [0, 0.05) is 6.42 Å². The van der Waals surface area contributed by atoms with Gasteiger partial charge < -0.3 is 14.6 Å². The molecule has 0 spiro atoms. The Morgan fingerprint density at radius 1 is 1.47 bits per heavy atom. The molecule has 7 nitrogen and oxygen atoms in total. The highest BCUT2D eigenvalue weighted by Gasteiger charge is 2.40. The first kappa shape index (κ1) is 10.5. The van der Waals surface area contributed by atoms with Crippen LogP contribution < -0.4 is 16.0 Å². The summed E-state index contributed by atoms with van der Waals surface area (Å²) in [7, 11) is 0. The maximum absolute atomic E-state index is 11.7. The average Bonchev–Trinajstić information content (AvgIpc) is 2.51. The number of fused-ring (bicyclic) bond motifs is 4. The van der Waals surface area contributed by atoms with Gasteiger partial charge in [0.05, 0.1) is 11.7 Å². The molecule has 0 unspecified atom stereocenters. The predicted molar refractivity (Wildman–Crippen MR) is 56.1 cm³/mol. The standard InChI is InChI=1S/C10H12N2O5/c1-4-8(14)11-10(15)12-7-2-5(13)6(17-7)3-16-9(4)12/h5-7,13H,2-3H2,1H3,(H,11,14,15)/t5-,6-,7-/m1/s1. The van der Waals surface area contributed by atoms with E-state index in [9.17, 15) is 14.7 Å². The fourth-order valence-corrected chi connectivity index (χ4v) is 2.24. The Hall–Kier alpha value is -1.60. The van der Waals surface area contributed by atoms with E-state index in [-0.39, 0.29) is 12.5 Å². The van der Waals surface area contributed by atoms with E-state index in [4.69, 9.17) is 9.47 Å². The summed E-state index contributed by atoms with van der Waals surface area (Å²) in [6.07, 6.45) is -1.34. The fraction of sp³-hybridized carbons (Fsp3) is 0.600. The summed E-state index contributed by atoms with van der Waals surface area (Å²) >= 11 is 0. The average molecular weight is 240 g/mol. The van der Waals surface area contributed by atoms with Gasteiger partial charge in [-0.3, -0.25) is 9.78 Å². The monoisotopic (exact) mass is 240 g/mol. The molecule has 0 amide bonds. The fourth-order valence-electron chi connectivity index (χ4n) is 2.24. The lowest BCUT2D eigenvalue weighted by Gasteiger charge is -2.17. The van der Waals surface area contributed by atoms with Crippen LogP contribution in [0, 0.1) is 6.92 Å². The highest BCUT2D eigenvalue weighted by Crippen LogP contribution is 2.34. The number of rotatable bonds is 0. The number of hydrogen-bond donors (Lipinski definition) is 2. The maximum atomic E-state index is 11.7. The summed E-state index contributed by atoms with van der Waals surface area (Å²) in [4.78, 5) is 25.4. The molecule has 1 fully saturated rings. The Morgan fingerprint density at radius 2 is 2.24 bits per heavy atom. The third kappa shape index (κ3) is 1.43. The van der Waals surface area contributed by atoms with Crippen molar-refractivity contribution < 1.29 is 14.6 Å². The number of aromatic amines is 1. The number of H-pyrrole nitrogens is 1. The summed E-state index contributed by atoms with van der Waals surface area (Å²) in [5, 5.41) is 9.67. The van der Waals surface area contributed by atoms with Crippen LogP contribution >= 0.6 is 0 Å². The molecule has 2 aliphatic rings. The summed E-state index contributed by atoms with van der Waals surface area (Å²) in [6.45, 7) is 1.72. The highest BCUT2D eigenvalue weighted by molar-refractivity contribution is 5.23. The minimum atomic E-state index is -0.646. The highest BCUT2D eigenvalue weighted by atomic mass is 16.6. The molecule has 1 saturated heterocycles. The van der Waals surface area contributed by atoms with E-state index >= 15 is 0 Å². The number of aromatic nitrogens is 2. The van der Waals surface area contributed by atoms with Gasteiger partial charge in [-0.05, 0) is 6.92 Å². The third-order valence-electron chi connectivity index (χ3n) is 3.20. The van der Waals surface area contributed by atoms with Crippen molar-refractivity contribution in [2.24, 2.45) is 0 Å². The Labute approximate surface area is 95.6 Å². The molecular formula is C10H12N2O5. The van der Waals surface area contributed by atoms with Gasteiger partial charge in [0.1, 0.15) is 18.9 Å². The molecule has 0 aromatic carbocycles. The minimum absolute atomic E-state index is 0.140. The molecule has 2 bridgehead atoms. The van der Waals surface area contributed by atoms with Crippen molar-refractivity contribution in [1.82, 2.24) is 9.55 Å². The van der Waals surface area contributed by atoms with Crippen LogP contribution in [0.3, 0.4) is 0 Å². The molecule has 3 rings (SSSR count). The Balaban J connectivity index is 2.23.